The predicted molar refractivity (Wildman–Crippen MR) is 135 cm³/mol. The Morgan fingerprint density at radius 2 is 1.78 bits per heavy atom. The fourth-order valence-electron chi connectivity index (χ4n) is 3.92. The van der Waals surface area contributed by atoms with E-state index in [9.17, 15) is 4.79 Å². The van der Waals surface area contributed by atoms with Gasteiger partial charge < -0.3 is 14.8 Å². The molecule has 0 atom stereocenters. The van der Waals surface area contributed by atoms with E-state index >= 15 is 0 Å². The van der Waals surface area contributed by atoms with Gasteiger partial charge in [0.1, 0.15) is 0 Å². The van der Waals surface area contributed by atoms with Gasteiger partial charge in [0.25, 0.3) is 0 Å². The summed E-state index contributed by atoms with van der Waals surface area (Å²) in [5.41, 5.74) is 4.15. The van der Waals surface area contributed by atoms with Crippen LogP contribution < -0.4 is 10.2 Å². The van der Waals surface area contributed by atoms with Crippen molar-refractivity contribution in [2.75, 3.05) is 29.1 Å². The number of rotatable bonds is 8. The van der Waals surface area contributed by atoms with Gasteiger partial charge in [-0.1, -0.05) is 49.3 Å². The highest BCUT2D eigenvalue weighted by molar-refractivity contribution is 7.99. The van der Waals surface area contributed by atoms with Crippen LogP contribution in [0.5, 0.6) is 0 Å². The number of hydrogen-bond donors (Lipinski definition) is 1. The molecular formula is C25H29ClN4OS. The lowest BCUT2D eigenvalue weighted by Gasteiger charge is -2.17. The van der Waals surface area contributed by atoms with Crippen LogP contribution in [0.4, 0.5) is 11.4 Å². The standard InChI is InChI=1S/C25H29ClN4OS/c1-18(2)16-30-23(19-5-7-20(26)8-6-19)15-27-25(30)32-17-24(31)28-21-9-11-22(12-10-21)29-13-3-4-14-29/h5-12,15,18H,3-4,13-14,16-17H2,1-2H3,(H,28,31). The van der Waals surface area contributed by atoms with E-state index < -0.39 is 0 Å². The molecule has 1 fully saturated rings. The third kappa shape index (κ3) is 5.67. The zero-order valence-electron chi connectivity index (χ0n) is 18.6. The summed E-state index contributed by atoms with van der Waals surface area (Å²) in [6.45, 7) is 7.42. The summed E-state index contributed by atoms with van der Waals surface area (Å²) in [7, 11) is 0. The topological polar surface area (TPSA) is 50.2 Å². The van der Waals surface area contributed by atoms with Gasteiger partial charge in [-0.05, 0) is 60.7 Å². The second-order valence-electron chi connectivity index (χ2n) is 8.52. The van der Waals surface area contributed by atoms with Crippen LogP contribution >= 0.6 is 23.4 Å². The fourth-order valence-corrected chi connectivity index (χ4v) is 4.84. The molecule has 1 amide bonds. The van der Waals surface area contributed by atoms with Crippen LogP contribution in [0, 0.1) is 5.92 Å². The van der Waals surface area contributed by atoms with Crippen LogP contribution in [-0.4, -0.2) is 34.3 Å². The molecule has 2 aromatic carbocycles. The molecule has 1 aliphatic rings. The third-order valence-electron chi connectivity index (χ3n) is 5.46. The van der Waals surface area contributed by atoms with Crippen LogP contribution in [0.1, 0.15) is 26.7 Å². The molecule has 2 heterocycles. The minimum atomic E-state index is -0.0314. The van der Waals surface area contributed by atoms with Gasteiger partial charge in [-0.2, -0.15) is 0 Å². The lowest BCUT2D eigenvalue weighted by molar-refractivity contribution is -0.113. The van der Waals surface area contributed by atoms with Gasteiger partial charge in [-0.15, -0.1) is 0 Å². The Labute approximate surface area is 199 Å². The van der Waals surface area contributed by atoms with E-state index in [0.29, 0.717) is 16.7 Å². The molecular weight excluding hydrogens is 440 g/mol. The number of amides is 1. The number of imidazole rings is 1. The first-order chi connectivity index (χ1) is 15.5. The van der Waals surface area contributed by atoms with Crippen LogP contribution in [0.3, 0.4) is 0 Å². The van der Waals surface area contributed by atoms with Gasteiger partial charge in [0.05, 0.1) is 17.6 Å². The predicted octanol–water partition coefficient (Wildman–Crippen LogP) is 6.19. The van der Waals surface area contributed by atoms with Gasteiger partial charge in [-0.25, -0.2) is 4.98 Å². The molecule has 1 N–H and O–H groups in total. The molecule has 5 nitrogen and oxygen atoms in total. The molecule has 0 spiro atoms. The van der Waals surface area contributed by atoms with Crippen molar-refractivity contribution in [1.82, 2.24) is 9.55 Å². The first-order valence-electron chi connectivity index (χ1n) is 11.1. The highest BCUT2D eigenvalue weighted by Gasteiger charge is 2.16. The van der Waals surface area contributed by atoms with Gasteiger partial charge in [0.15, 0.2) is 5.16 Å². The number of halogens is 1. The maximum Gasteiger partial charge on any atom is 0.234 e. The summed E-state index contributed by atoms with van der Waals surface area (Å²) in [6, 6.07) is 15.9. The van der Waals surface area contributed by atoms with Crippen molar-refractivity contribution in [3.05, 3.63) is 59.8 Å². The molecule has 0 bridgehead atoms. The van der Waals surface area contributed by atoms with Gasteiger partial charge in [0, 0.05) is 36.0 Å². The van der Waals surface area contributed by atoms with Crippen molar-refractivity contribution < 1.29 is 4.79 Å². The van der Waals surface area contributed by atoms with Crippen molar-refractivity contribution in [3.8, 4) is 11.3 Å². The van der Waals surface area contributed by atoms with Crippen molar-refractivity contribution in [2.24, 2.45) is 5.92 Å². The number of benzene rings is 2. The highest BCUT2D eigenvalue weighted by Crippen LogP contribution is 2.28. The van der Waals surface area contributed by atoms with E-state index in [1.165, 1.54) is 30.3 Å². The fraction of sp³-hybridized carbons (Fsp3) is 0.360. The van der Waals surface area contributed by atoms with Gasteiger partial charge in [-0.3, -0.25) is 4.79 Å². The molecule has 7 heteroatoms. The molecule has 32 heavy (non-hydrogen) atoms. The van der Waals surface area contributed by atoms with Crippen molar-refractivity contribution >= 4 is 40.6 Å². The summed E-state index contributed by atoms with van der Waals surface area (Å²) in [4.78, 5) is 19.6. The van der Waals surface area contributed by atoms with Crippen LogP contribution in [0.15, 0.2) is 59.9 Å². The zero-order chi connectivity index (χ0) is 22.5. The molecule has 1 aromatic heterocycles. The summed E-state index contributed by atoms with van der Waals surface area (Å²) in [5, 5.41) is 4.57. The van der Waals surface area contributed by atoms with E-state index in [1.54, 1.807) is 0 Å². The lowest BCUT2D eigenvalue weighted by atomic mass is 10.1. The zero-order valence-corrected chi connectivity index (χ0v) is 20.1. The van der Waals surface area contributed by atoms with Crippen molar-refractivity contribution in [1.29, 1.82) is 0 Å². The SMILES string of the molecule is CC(C)Cn1c(-c2ccc(Cl)cc2)cnc1SCC(=O)Nc1ccc(N2CCCC2)cc1. The van der Waals surface area contributed by atoms with Gasteiger partial charge >= 0.3 is 0 Å². The largest absolute Gasteiger partial charge is 0.372 e. The molecule has 1 aliphatic heterocycles. The van der Waals surface area contributed by atoms with Crippen LogP contribution in [0.2, 0.25) is 5.02 Å². The third-order valence-corrected chi connectivity index (χ3v) is 6.70. The Morgan fingerprint density at radius 1 is 1.09 bits per heavy atom. The smallest absolute Gasteiger partial charge is 0.234 e. The molecule has 0 aliphatic carbocycles. The van der Waals surface area contributed by atoms with E-state index in [4.69, 9.17) is 11.6 Å². The first kappa shape index (κ1) is 22.7. The molecule has 1 saturated heterocycles. The number of nitrogens with zero attached hydrogens (tertiary/aromatic N) is 3. The second kappa shape index (κ2) is 10.5. The Kier molecular flexibility index (Phi) is 7.43. The minimum absolute atomic E-state index is 0.0314. The van der Waals surface area contributed by atoms with Gasteiger partial charge in [0.2, 0.25) is 5.91 Å². The monoisotopic (exact) mass is 468 g/mol. The van der Waals surface area contributed by atoms with Crippen LogP contribution in [-0.2, 0) is 11.3 Å². The maximum absolute atomic E-state index is 12.6. The Balaban J connectivity index is 1.40. The average molecular weight is 469 g/mol. The summed E-state index contributed by atoms with van der Waals surface area (Å²) in [6.07, 6.45) is 4.38. The number of nitrogens with one attached hydrogen (secondary N) is 1. The molecule has 168 valence electrons. The molecule has 3 aromatic rings. The average Bonchev–Trinajstić information content (AvgIpc) is 3.44. The normalized spacial score (nSPS) is 13.7. The number of carbonyl (C=O) groups is 1. The Morgan fingerprint density at radius 3 is 2.44 bits per heavy atom. The van der Waals surface area contributed by atoms with E-state index in [-0.39, 0.29) is 5.91 Å². The van der Waals surface area contributed by atoms with E-state index in [0.717, 1.165) is 41.7 Å². The summed E-state index contributed by atoms with van der Waals surface area (Å²) in [5.74, 6) is 0.733. The maximum atomic E-state index is 12.6. The molecule has 0 radical (unpaired) electrons. The lowest BCUT2D eigenvalue weighted by Crippen LogP contribution is -2.18. The second-order valence-corrected chi connectivity index (χ2v) is 9.89. The highest BCUT2D eigenvalue weighted by atomic mass is 35.5. The molecule has 0 saturated carbocycles. The quantitative estimate of drug-likeness (QED) is 0.400. The minimum Gasteiger partial charge on any atom is -0.372 e. The van der Waals surface area contributed by atoms with E-state index in [1.807, 2.05) is 42.6 Å². The van der Waals surface area contributed by atoms with Crippen molar-refractivity contribution in [3.63, 3.8) is 0 Å². The van der Waals surface area contributed by atoms with Crippen LogP contribution in [0.25, 0.3) is 11.3 Å². The number of aromatic nitrogens is 2. The summed E-state index contributed by atoms with van der Waals surface area (Å²) < 4.78 is 2.19. The Hall–Kier alpha value is -2.44. The Bertz CT molecular complexity index is 1040. The van der Waals surface area contributed by atoms with Crippen molar-refractivity contribution in [2.45, 2.75) is 38.4 Å². The summed E-state index contributed by atoms with van der Waals surface area (Å²) >= 11 is 7.51. The molecule has 0 unspecified atom stereocenters. The number of hydrogen-bond acceptors (Lipinski definition) is 4. The van der Waals surface area contributed by atoms with E-state index in [2.05, 4.69) is 45.7 Å². The molecule has 4 rings (SSSR count). The number of thioether (sulfide) groups is 1. The number of anilines is 2. The first-order valence-corrected chi connectivity index (χ1v) is 12.4. The number of carbonyl (C=O) groups excluding carboxylic acids is 1.